The first-order valence-electron chi connectivity index (χ1n) is 12.5. The van der Waals surface area contributed by atoms with Crippen molar-refractivity contribution in [2.45, 2.75) is 20.3 Å². The van der Waals surface area contributed by atoms with Crippen molar-refractivity contribution in [3.8, 4) is 11.5 Å². The van der Waals surface area contributed by atoms with Gasteiger partial charge in [0, 0.05) is 20.3 Å². The normalized spacial score (nSPS) is 10.6. The number of hydrogen-bond acceptors (Lipinski definition) is 4. The van der Waals surface area contributed by atoms with E-state index >= 15 is 0 Å². The summed E-state index contributed by atoms with van der Waals surface area (Å²) in [6.45, 7) is 4.72. The Hall–Kier alpha value is -3.62. The molecule has 0 aliphatic carbocycles. The van der Waals surface area contributed by atoms with Crippen LogP contribution in [-0.4, -0.2) is 25.0 Å². The Balaban J connectivity index is 1.37. The van der Waals surface area contributed by atoms with Crippen molar-refractivity contribution >= 4 is 55.0 Å². The zero-order valence-corrected chi connectivity index (χ0v) is 24.8. The molecule has 0 heterocycles. The molecule has 0 saturated carbocycles. The Kier molecular flexibility index (Phi) is 9.79. The van der Waals surface area contributed by atoms with Crippen LogP contribution in [0.5, 0.6) is 11.5 Å². The number of halogens is 2. The lowest BCUT2D eigenvalue weighted by Gasteiger charge is -2.12. The number of carbonyl (C=O) groups excluding carboxylic acids is 2. The number of amides is 2. The Morgan fingerprint density at radius 3 is 1.36 bits per heavy atom. The van der Waals surface area contributed by atoms with Crippen LogP contribution in [0.4, 0.5) is 11.4 Å². The molecular formula is C31H28Br2N2O4. The molecule has 0 bridgehead atoms. The molecule has 2 N–H and O–H groups in total. The number of hydrogen-bond donors (Lipinski definition) is 2. The van der Waals surface area contributed by atoms with Gasteiger partial charge in [-0.3, -0.25) is 9.59 Å². The molecule has 4 aromatic carbocycles. The summed E-state index contributed by atoms with van der Waals surface area (Å²) in [5.74, 6) is 0.615. The largest absolute Gasteiger partial charge is 0.493 e. The predicted molar refractivity (Wildman–Crippen MR) is 162 cm³/mol. The molecule has 6 nitrogen and oxygen atoms in total. The molecule has 2 amide bonds. The second-order valence-corrected chi connectivity index (χ2v) is 10.5. The minimum absolute atomic E-state index is 0.235. The Morgan fingerprint density at radius 2 is 1.00 bits per heavy atom. The summed E-state index contributed by atoms with van der Waals surface area (Å²) in [5, 5.41) is 5.88. The monoisotopic (exact) mass is 650 g/mol. The molecule has 0 aromatic heterocycles. The molecule has 39 heavy (non-hydrogen) atoms. The van der Waals surface area contributed by atoms with Gasteiger partial charge in [-0.15, -0.1) is 0 Å². The number of benzene rings is 4. The predicted octanol–water partition coefficient (Wildman–Crippen LogP) is 8.10. The van der Waals surface area contributed by atoms with Gasteiger partial charge in [0.2, 0.25) is 0 Å². The minimum atomic E-state index is -0.235. The van der Waals surface area contributed by atoms with Crippen molar-refractivity contribution in [2.24, 2.45) is 0 Å². The summed E-state index contributed by atoms with van der Waals surface area (Å²) in [5.41, 5.74) is 4.52. The van der Waals surface area contributed by atoms with Crippen LogP contribution >= 0.6 is 31.9 Å². The highest BCUT2D eigenvalue weighted by atomic mass is 79.9. The molecule has 200 valence electrons. The van der Waals surface area contributed by atoms with Gasteiger partial charge in [0.05, 0.1) is 24.3 Å². The van der Waals surface area contributed by atoms with Gasteiger partial charge in [-0.25, -0.2) is 0 Å². The van der Waals surface area contributed by atoms with E-state index in [2.05, 4.69) is 42.5 Å². The molecule has 0 fully saturated rings. The summed E-state index contributed by atoms with van der Waals surface area (Å²) >= 11 is 6.83. The van der Waals surface area contributed by atoms with Gasteiger partial charge in [0.1, 0.15) is 11.5 Å². The third-order valence-corrected chi connectivity index (χ3v) is 6.79. The van der Waals surface area contributed by atoms with Gasteiger partial charge in [0.25, 0.3) is 11.8 Å². The second-order valence-electron chi connectivity index (χ2n) is 8.63. The summed E-state index contributed by atoms with van der Waals surface area (Å²) in [4.78, 5) is 25.7. The van der Waals surface area contributed by atoms with Gasteiger partial charge >= 0.3 is 0 Å². The van der Waals surface area contributed by atoms with Gasteiger partial charge in [0.15, 0.2) is 0 Å². The molecule has 0 radical (unpaired) electrons. The molecule has 4 aromatic rings. The summed E-state index contributed by atoms with van der Waals surface area (Å²) in [6, 6.07) is 26.2. The molecule has 0 aliphatic heterocycles. The van der Waals surface area contributed by atoms with E-state index in [0.29, 0.717) is 53.6 Å². The van der Waals surface area contributed by atoms with Crippen molar-refractivity contribution in [2.75, 3.05) is 23.8 Å². The number of carbonyl (C=O) groups is 2. The van der Waals surface area contributed by atoms with Crippen LogP contribution in [0.1, 0.15) is 45.7 Å². The first-order chi connectivity index (χ1) is 18.9. The molecule has 8 heteroatoms. The van der Waals surface area contributed by atoms with Crippen molar-refractivity contribution < 1.29 is 19.1 Å². The fourth-order valence-corrected chi connectivity index (χ4v) is 4.69. The fraction of sp³-hybridized carbons (Fsp3) is 0.161. The van der Waals surface area contributed by atoms with E-state index in [0.717, 1.165) is 20.1 Å². The van der Waals surface area contributed by atoms with E-state index in [1.165, 1.54) is 0 Å². The highest BCUT2D eigenvalue weighted by Crippen LogP contribution is 2.26. The quantitative estimate of drug-likeness (QED) is 0.182. The van der Waals surface area contributed by atoms with Crippen LogP contribution in [0, 0.1) is 0 Å². The maximum atomic E-state index is 12.9. The van der Waals surface area contributed by atoms with E-state index < -0.39 is 0 Å². The molecule has 0 atom stereocenters. The van der Waals surface area contributed by atoms with Crippen molar-refractivity contribution in [3.05, 3.63) is 116 Å². The topological polar surface area (TPSA) is 76.7 Å². The maximum absolute atomic E-state index is 12.9. The highest BCUT2D eigenvalue weighted by Gasteiger charge is 2.15. The average molecular weight is 652 g/mol. The van der Waals surface area contributed by atoms with Crippen LogP contribution in [-0.2, 0) is 6.42 Å². The SMILES string of the molecule is CCOc1ccc(Br)cc1C(=O)Nc1ccc(Cc2ccc(NC(=O)c3cc(Br)ccc3OCC)cc2)cc1. The van der Waals surface area contributed by atoms with Crippen molar-refractivity contribution in [1.29, 1.82) is 0 Å². The second kappa shape index (κ2) is 13.4. The third-order valence-electron chi connectivity index (χ3n) is 5.80. The standard InChI is InChI=1S/C31H28Br2N2O4/c1-3-38-28-15-9-22(32)18-26(28)30(36)34-24-11-5-20(6-12-24)17-21-7-13-25(14-8-21)35-31(37)27-19-23(33)10-16-29(27)39-4-2/h5-16,18-19H,3-4,17H2,1-2H3,(H,34,36)(H,35,37). The first-order valence-corrected chi connectivity index (χ1v) is 14.1. The Bertz CT molecular complexity index is 1340. The highest BCUT2D eigenvalue weighted by molar-refractivity contribution is 9.10. The van der Waals surface area contributed by atoms with E-state index in [4.69, 9.17) is 9.47 Å². The van der Waals surface area contributed by atoms with Crippen LogP contribution in [0.15, 0.2) is 93.9 Å². The van der Waals surface area contributed by atoms with E-state index in [1.54, 1.807) is 24.3 Å². The zero-order chi connectivity index (χ0) is 27.8. The van der Waals surface area contributed by atoms with Crippen molar-refractivity contribution in [1.82, 2.24) is 0 Å². The molecular weight excluding hydrogens is 624 g/mol. The maximum Gasteiger partial charge on any atom is 0.259 e. The van der Waals surface area contributed by atoms with Gasteiger partial charge in [-0.05, 0) is 92.1 Å². The Labute approximate surface area is 245 Å². The minimum Gasteiger partial charge on any atom is -0.493 e. The van der Waals surface area contributed by atoms with Crippen LogP contribution < -0.4 is 20.1 Å². The zero-order valence-electron chi connectivity index (χ0n) is 21.6. The summed E-state index contributed by atoms with van der Waals surface area (Å²) in [7, 11) is 0. The van der Waals surface area contributed by atoms with Gasteiger partial charge in [-0.1, -0.05) is 56.1 Å². The molecule has 0 unspecified atom stereocenters. The smallest absolute Gasteiger partial charge is 0.259 e. The molecule has 0 saturated heterocycles. The first kappa shape index (κ1) is 28.4. The fourth-order valence-electron chi connectivity index (χ4n) is 3.97. The summed E-state index contributed by atoms with van der Waals surface area (Å²) < 4.78 is 12.8. The van der Waals surface area contributed by atoms with Gasteiger partial charge < -0.3 is 20.1 Å². The number of ether oxygens (including phenoxy) is 2. The number of rotatable bonds is 10. The van der Waals surface area contributed by atoms with Gasteiger partial charge in [-0.2, -0.15) is 0 Å². The summed E-state index contributed by atoms with van der Waals surface area (Å²) in [6.07, 6.45) is 0.711. The lowest BCUT2D eigenvalue weighted by molar-refractivity contribution is 0.101. The lowest BCUT2D eigenvalue weighted by Crippen LogP contribution is -2.14. The van der Waals surface area contributed by atoms with E-state index in [-0.39, 0.29) is 11.8 Å². The molecule has 0 spiro atoms. The van der Waals surface area contributed by atoms with E-state index in [9.17, 15) is 9.59 Å². The van der Waals surface area contributed by atoms with Crippen LogP contribution in [0.3, 0.4) is 0 Å². The average Bonchev–Trinajstić information content (AvgIpc) is 2.93. The lowest BCUT2D eigenvalue weighted by atomic mass is 10.0. The van der Waals surface area contributed by atoms with E-state index in [1.807, 2.05) is 74.5 Å². The number of anilines is 2. The van der Waals surface area contributed by atoms with Crippen molar-refractivity contribution in [3.63, 3.8) is 0 Å². The third kappa shape index (κ3) is 7.71. The van der Waals surface area contributed by atoms with Crippen LogP contribution in [0.25, 0.3) is 0 Å². The Morgan fingerprint density at radius 1 is 0.615 bits per heavy atom. The molecule has 0 aliphatic rings. The van der Waals surface area contributed by atoms with Crippen LogP contribution in [0.2, 0.25) is 0 Å². The molecule has 4 rings (SSSR count). The number of nitrogens with one attached hydrogen (secondary N) is 2.